The Kier molecular flexibility index (Phi) is 4.08. The second kappa shape index (κ2) is 5.77. The van der Waals surface area contributed by atoms with Crippen molar-refractivity contribution in [3.63, 3.8) is 0 Å². The van der Waals surface area contributed by atoms with Crippen molar-refractivity contribution in [1.82, 2.24) is 15.5 Å². The molecule has 0 spiro atoms. The zero-order valence-corrected chi connectivity index (χ0v) is 13.1. The third-order valence-electron chi connectivity index (χ3n) is 2.86. The summed E-state index contributed by atoms with van der Waals surface area (Å²) < 4.78 is 1.14. The molecule has 96 valence electrons. The van der Waals surface area contributed by atoms with Crippen LogP contribution in [0.1, 0.15) is 24.3 Å². The molecule has 0 amide bonds. The van der Waals surface area contributed by atoms with E-state index in [4.69, 9.17) is 0 Å². The standard InChI is InChI=1S/C12H14BrN3S2/c13-10-6-8(7-17-10)12-16-15-11(18-12)2-1-5-14-9-3-4-9/h6-7,9,14H,1-5H2. The summed E-state index contributed by atoms with van der Waals surface area (Å²) in [5.74, 6) is 0. The maximum absolute atomic E-state index is 4.26. The van der Waals surface area contributed by atoms with Crippen molar-refractivity contribution in [3.8, 4) is 10.6 Å². The first-order valence-electron chi connectivity index (χ1n) is 6.11. The molecule has 0 unspecified atom stereocenters. The molecule has 0 aliphatic heterocycles. The highest BCUT2D eigenvalue weighted by molar-refractivity contribution is 9.11. The molecule has 0 radical (unpaired) electrons. The van der Waals surface area contributed by atoms with Crippen LogP contribution >= 0.6 is 38.6 Å². The topological polar surface area (TPSA) is 37.8 Å². The second-order valence-electron chi connectivity index (χ2n) is 4.47. The van der Waals surface area contributed by atoms with Crippen molar-refractivity contribution in [2.24, 2.45) is 0 Å². The average Bonchev–Trinajstić information content (AvgIpc) is 2.88. The number of halogens is 1. The molecule has 2 heterocycles. The molecule has 1 saturated carbocycles. The number of rotatable bonds is 6. The van der Waals surface area contributed by atoms with Gasteiger partial charge < -0.3 is 5.32 Å². The van der Waals surface area contributed by atoms with E-state index in [-0.39, 0.29) is 0 Å². The van der Waals surface area contributed by atoms with E-state index >= 15 is 0 Å². The molecule has 0 aromatic carbocycles. The molecule has 1 fully saturated rings. The predicted octanol–water partition coefficient (Wildman–Crippen LogP) is 3.71. The van der Waals surface area contributed by atoms with Crippen LogP contribution in [0.5, 0.6) is 0 Å². The first-order chi connectivity index (χ1) is 8.81. The van der Waals surface area contributed by atoms with Crippen molar-refractivity contribution in [2.75, 3.05) is 6.54 Å². The Morgan fingerprint density at radius 2 is 2.28 bits per heavy atom. The van der Waals surface area contributed by atoms with E-state index in [2.05, 4.69) is 42.9 Å². The summed E-state index contributed by atoms with van der Waals surface area (Å²) in [6.45, 7) is 1.10. The van der Waals surface area contributed by atoms with Gasteiger partial charge in [0.05, 0.1) is 3.79 Å². The van der Waals surface area contributed by atoms with Crippen LogP contribution < -0.4 is 5.32 Å². The summed E-state index contributed by atoms with van der Waals surface area (Å²) in [6, 6.07) is 2.90. The lowest BCUT2D eigenvalue weighted by Gasteiger charge is -1.99. The van der Waals surface area contributed by atoms with E-state index < -0.39 is 0 Å². The van der Waals surface area contributed by atoms with Crippen molar-refractivity contribution in [3.05, 3.63) is 20.2 Å². The summed E-state index contributed by atoms with van der Waals surface area (Å²) in [7, 11) is 0. The molecule has 0 saturated heterocycles. The zero-order chi connectivity index (χ0) is 12.4. The van der Waals surface area contributed by atoms with Gasteiger partial charge in [0.15, 0.2) is 0 Å². The molecular formula is C12H14BrN3S2. The maximum Gasteiger partial charge on any atom is 0.148 e. The van der Waals surface area contributed by atoms with Gasteiger partial charge in [0, 0.05) is 23.4 Å². The van der Waals surface area contributed by atoms with Crippen LogP contribution in [0.25, 0.3) is 10.6 Å². The molecule has 1 N–H and O–H groups in total. The Morgan fingerprint density at radius 3 is 3.00 bits per heavy atom. The summed E-state index contributed by atoms with van der Waals surface area (Å²) >= 11 is 6.87. The SMILES string of the molecule is Brc1cc(-c2nnc(CCCNC3CC3)s2)cs1. The number of hydrogen-bond donors (Lipinski definition) is 1. The highest BCUT2D eigenvalue weighted by atomic mass is 79.9. The van der Waals surface area contributed by atoms with E-state index in [0.717, 1.165) is 39.2 Å². The number of aromatic nitrogens is 2. The molecule has 2 aromatic rings. The van der Waals surface area contributed by atoms with Crippen LogP contribution in [0.4, 0.5) is 0 Å². The highest BCUT2D eigenvalue weighted by Crippen LogP contribution is 2.31. The third-order valence-corrected chi connectivity index (χ3v) is 5.40. The quantitative estimate of drug-likeness (QED) is 0.812. The number of thiophene rings is 1. The first-order valence-corrected chi connectivity index (χ1v) is 8.60. The second-order valence-corrected chi connectivity index (χ2v) is 7.82. The summed E-state index contributed by atoms with van der Waals surface area (Å²) in [5, 5.41) is 16.3. The number of aryl methyl sites for hydroxylation is 1. The molecule has 6 heteroatoms. The first kappa shape index (κ1) is 12.7. The van der Waals surface area contributed by atoms with E-state index in [9.17, 15) is 0 Å². The molecule has 0 atom stereocenters. The minimum atomic E-state index is 0.804. The fourth-order valence-corrected chi connectivity index (χ4v) is 3.81. The lowest BCUT2D eigenvalue weighted by atomic mass is 10.3. The van der Waals surface area contributed by atoms with Crippen LogP contribution in [-0.2, 0) is 6.42 Å². The van der Waals surface area contributed by atoms with E-state index in [1.54, 1.807) is 22.7 Å². The van der Waals surface area contributed by atoms with Gasteiger partial charge in [0.25, 0.3) is 0 Å². The number of nitrogens with zero attached hydrogens (tertiary/aromatic N) is 2. The molecule has 18 heavy (non-hydrogen) atoms. The van der Waals surface area contributed by atoms with Crippen LogP contribution in [0.15, 0.2) is 15.2 Å². The van der Waals surface area contributed by atoms with Crippen molar-refractivity contribution < 1.29 is 0 Å². The van der Waals surface area contributed by atoms with Crippen LogP contribution in [0.2, 0.25) is 0 Å². The van der Waals surface area contributed by atoms with Crippen LogP contribution in [0.3, 0.4) is 0 Å². The smallest absolute Gasteiger partial charge is 0.148 e. The van der Waals surface area contributed by atoms with E-state index in [1.165, 1.54) is 18.4 Å². The Balaban J connectivity index is 1.52. The normalized spacial score (nSPS) is 15.2. The van der Waals surface area contributed by atoms with Gasteiger partial charge in [-0.2, -0.15) is 0 Å². The summed E-state index contributed by atoms with van der Waals surface area (Å²) in [6.07, 6.45) is 4.90. The predicted molar refractivity (Wildman–Crippen MR) is 80.3 cm³/mol. The van der Waals surface area contributed by atoms with Gasteiger partial charge in [-0.25, -0.2) is 0 Å². The lowest BCUT2D eigenvalue weighted by molar-refractivity contribution is 0.643. The highest BCUT2D eigenvalue weighted by Gasteiger charge is 2.19. The average molecular weight is 344 g/mol. The molecule has 1 aliphatic rings. The summed E-state index contributed by atoms with van der Waals surface area (Å²) in [4.78, 5) is 0. The van der Waals surface area contributed by atoms with Gasteiger partial charge in [-0.15, -0.1) is 21.5 Å². The summed E-state index contributed by atoms with van der Waals surface area (Å²) in [5.41, 5.74) is 1.17. The van der Waals surface area contributed by atoms with Gasteiger partial charge in [-0.3, -0.25) is 0 Å². The third kappa shape index (κ3) is 3.38. The van der Waals surface area contributed by atoms with Gasteiger partial charge >= 0.3 is 0 Å². The molecule has 3 nitrogen and oxygen atoms in total. The van der Waals surface area contributed by atoms with E-state index in [1.807, 2.05) is 0 Å². The molecule has 1 aliphatic carbocycles. The minimum absolute atomic E-state index is 0.804. The van der Waals surface area contributed by atoms with Crippen LogP contribution in [-0.4, -0.2) is 22.8 Å². The Bertz CT molecular complexity index is 519. The fourth-order valence-electron chi connectivity index (χ4n) is 1.73. The number of nitrogens with one attached hydrogen (secondary N) is 1. The minimum Gasteiger partial charge on any atom is -0.314 e. The van der Waals surface area contributed by atoms with Crippen molar-refractivity contribution >= 4 is 38.6 Å². The molecule has 2 aromatic heterocycles. The van der Waals surface area contributed by atoms with Gasteiger partial charge in [-0.1, -0.05) is 11.3 Å². The van der Waals surface area contributed by atoms with Gasteiger partial charge in [0.2, 0.25) is 0 Å². The number of hydrogen-bond acceptors (Lipinski definition) is 5. The van der Waals surface area contributed by atoms with E-state index in [0.29, 0.717) is 0 Å². The molecule has 0 bridgehead atoms. The molecular weight excluding hydrogens is 330 g/mol. The Labute approximate surface area is 123 Å². The van der Waals surface area contributed by atoms with Crippen molar-refractivity contribution in [2.45, 2.75) is 31.7 Å². The lowest BCUT2D eigenvalue weighted by Crippen LogP contribution is -2.17. The zero-order valence-electron chi connectivity index (χ0n) is 9.86. The Hall–Kier alpha value is -0.300. The van der Waals surface area contributed by atoms with Gasteiger partial charge in [-0.05, 0) is 47.8 Å². The Morgan fingerprint density at radius 1 is 1.39 bits per heavy atom. The maximum atomic E-state index is 4.26. The molecule has 3 rings (SSSR count). The monoisotopic (exact) mass is 343 g/mol. The van der Waals surface area contributed by atoms with Gasteiger partial charge in [0.1, 0.15) is 10.0 Å². The largest absolute Gasteiger partial charge is 0.314 e. The van der Waals surface area contributed by atoms with Crippen molar-refractivity contribution in [1.29, 1.82) is 0 Å². The van der Waals surface area contributed by atoms with Crippen LogP contribution in [0, 0.1) is 0 Å². The fraction of sp³-hybridized carbons (Fsp3) is 0.500.